The van der Waals surface area contributed by atoms with Gasteiger partial charge in [0.1, 0.15) is 18.4 Å². The predicted molar refractivity (Wildman–Crippen MR) is 97.2 cm³/mol. The molecule has 0 saturated heterocycles. The van der Waals surface area contributed by atoms with E-state index in [-0.39, 0.29) is 11.9 Å². The average Bonchev–Trinajstić information content (AvgIpc) is 3.24. The van der Waals surface area contributed by atoms with Gasteiger partial charge in [0.2, 0.25) is 0 Å². The van der Waals surface area contributed by atoms with Crippen molar-refractivity contribution in [1.29, 1.82) is 0 Å². The smallest absolute Gasteiger partial charge is 0.251 e. The summed E-state index contributed by atoms with van der Waals surface area (Å²) in [7, 11) is 1.68. The summed E-state index contributed by atoms with van der Waals surface area (Å²) in [4.78, 5) is 16.4. The van der Waals surface area contributed by atoms with Crippen molar-refractivity contribution in [2.24, 2.45) is 0 Å². The molecule has 1 amide bonds. The first-order valence-corrected chi connectivity index (χ1v) is 8.59. The van der Waals surface area contributed by atoms with E-state index in [2.05, 4.69) is 21.5 Å². The Labute approximate surface area is 151 Å². The van der Waals surface area contributed by atoms with E-state index >= 15 is 0 Å². The van der Waals surface area contributed by atoms with Crippen LogP contribution in [0.5, 0.6) is 5.75 Å². The maximum absolute atomic E-state index is 12.5. The van der Waals surface area contributed by atoms with Crippen LogP contribution in [0.4, 0.5) is 0 Å². The third kappa shape index (κ3) is 3.44. The van der Waals surface area contributed by atoms with E-state index in [9.17, 15) is 4.79 Å². The Morgan fingerprint density at radius 3 is 2.77 bits per heavy atom. The minimum Gasteiger partial charge on any atom is -0.496 e. The number of benzene rings is 2. The summed E-state index contributed by atoms with van der Waals surface area (Å²) in [5.41, 5.74) is 2.90. The van der Waals surface area contributed by atoms with Crippen LogP contribution >= 0.6 is 0 Å². The van der Waals surface area contributed by atoms with Crippen LogP contribution < -0.4 is 10.1 Å². The quantitative estimate of drug-likeness (QED) is 0.743. The fourth-order valence-corrected chi connectivity index (χ4v) is 3.19. The van der Waals surface area contributed by atoms with Gasteiger partial charge in [0.25, 0.3) is 5.91 Å². The summed E-state index contributed by atoms with van der Waals surface area (Å²) in [6, 6.07) is 15.7. The number of para-hydroxylation sites is 1. The number of carbonyl (C=O) groups is 1. The van der Waals surface area contributed by atoms with Crippen LogP contribution in [-0.4, -0.2) is 33.8 Å². The molecule has 0 aliphatic heterocycles. The van der Waals surface area contributed by atoms with Crippen molar-refractivity contribution in [2.45, 2.75) is 24.9 Å². The highest BCUT2D eigenvalue weighted by molar-refractivity contribution is 5.94. The second kappa shape index (κ2) is 7.00. The van der Waals surface area contributed by atoms with Gasteiger partial charge in [0.05, 0.1) is 13.7 Å². The fourth-order valence-electron chi connectivity index (χ4n) is 3.19. The summed E-state index contributed by atoms with van der Waals surface area (Å²) in [6.45, 7) is 0.639. The Balaban J connectivity index is 1.37. The molecule has 1 fully saturated rings. The molecular formula is C20H20N4O2. The zero-order valence-electron chi connectivity index (χ0n) is 14.5. The van der Waals surface area contributed by atoms with Crippen molar-refractivity contribution < 1.29 is 9.53 Å². The monoisotopic (exact) mass is 348 g/mol. The Morgan fingerprint density at radius 1 is 1.23 bits per heavy atom. The molecule has 2 atom stereocenters. The molecule has 26 heavy (non-hydrogen) atoms. The molecule has 2 aromatic carbocycles. The van der Waals surface area contributed by atoms with Crippen LogP contribution in [-0.2, 0) is 6.54 Å². The van der Waals surface area contributed by atoms with E-state index in [0.717, 1.165) is 23.3 Å². The van der Waals surface area contributed by atoms with Gasteiger partial charge in [0, 0.05) is 17.5 Å². The molecule has 1 aliphatic carbocycles. The first-order valence-electron chi connectivity index (χ1n) is 8.59. The summed E-state index contributed by atoms with van der Waals surface area (Å²) in [5, 5.41) is 7.20. The van der Waals surface area contributed by atoms with Gasteiger partial charge in [-0.15, -0.1) is 0 Å². The molecule has 1 aromatic heterocycles. The number of ether oxygens (including phenoxy) is 1. The maximum Gasteiger partial charge on any atom is 0.251 e. The molecule has 1 heterocycles. The number of hydrogen-bond acceptors (Lipinski definition) is 4. The lowest BCUT2D eigenvalue weighted by Gasteiger charge is -2.09. The zero-order valence-corrected chi connectivity index (χ0v) is 14.5. The maximum atomic E-state index is 12.5. The van der Waals surface area contributed by atoms with E-state index in [1.807, 2.05) is 42.5 Å². The molecule has 3 aromatic rings. The normalized spacial score (nSPS) is 18.3. The predicted octanol–water partition coefficient (Wildman–Crippen LogP) is 2.62. The number of nitrogens with one attached hydrogen (secondary N) is 1. The fraction of sp³-hybridized carbons (Fsp3) is 0.250. The van der Waals surface area contributed by atoms with E-state index in [1.165, 1.54) is 6.33 Å². The third-order valence-electron chi connectivity index (χ3n) is 4.67. The topological polar surface area (TPSA) is 69.0 Å². The first kappa shape index (κ1) is 16.3. The highest BCUT2D eigenvalue weighted by atomic mass is 16.5. The van der Waals surface area contributed by atoms with E-state index in [1.54, 1.807) is 18.1 Å². The third-order valence-corrected chi connectivity index (χ3v) is 4.67. The number of methoxy groups -OCH3 is 1. The standard InChI is InChI=1S/C20H20N4O2/c1-26-19-5-3-2-4-16(19)17-10-18(17)23-20(25)15-8-6-14(7-9-15)11-24-13-21-12-22-24/h2-9,12-13,17-18H,10-11H2,1H3,(H,23,25)/t17-,18+/m0/s1. The second-order valence-electron chi connectivity index (χ2n) is 6.45. The lowest BCUT2D eigenvalue weighted by molar-refractivity contribution is 0.0950. The van der Waals surface area contributed by atoms with Crippen molar-refractivity contribution in [3.8, 4) is 5.75 Å². The van der Waals surface area contributed by atoms with Crippen molar-refractivity contribution in [1.82, 2.24) is 20.1 Å². The lowest BCUT2D eigenvalue weighted by Crippen LogP contribution is -2.26. The van der Waals surface area contributed by atoms with Gasteiger partial charge in [-0.25, -0.2) is 9.67 Å². The van der Waals surface area contributed by atoms with Gasteiger partial charge in [-0.05, 0) is 35.7 Å². The number of amides is 1. The molecular weight excluding hydrogens is 328 g/mol. The number of aromatic nitrogens is 3. The molecule has 6 nitrogen and oxygen atoms in total. The van der Waals surface area contributed by atoms with E-state index in [0.29, 0.717) is 18.0 Å². The molecule has 1 aliphatic rings. The van der Waals surface area contributed by atoms with Gasteiger partial charge in [-0.3, -0.25) is 4.79 Å². The van der Waals surface area contributed by atoms with Crippen molar-refractivity contribution in [2.75, 3.05) is 7.11 Å². The summed E-state index contributed by atoms with van der Waals surface area (Å²) in [6.07, 6.45) is 4.12. The summed E-state index contributed by atoms with van der Waals surface area (Å²) < 4.78 is 7.16. The SMILES string of the molecule is COc1ccccc1[C@@H]1C[C@H]1NC(=O)c1ccc(Cn2cncn2)cc1. The van der Waals surface area contributed by atoms with Crippen LogP contribution in [0.1, 0.15) is 33.8 Å². The van der Waals surface area contributed by atoms with Crippen LogP contribution in [0, 0.1) is 0 Å². The molecule has 0 spiro atoms. The number of carbonyl (C=O) groups excluding carboxylic acids is 1. The molecule has 1 N–H and O–H groups in total. The van der Waals surface area contributed by atoms with Crippen LogP contribution in [0.3, 0.4) is 0 Å². The highest BCUT2D eigenvalue weighted by Crippen LogP contribution is 2.44. The minimum atomic E-state index is -0.0419. The van der Waals surface area contributed by atoms with E-state index in [4.69, 9.17) is 4.74 Å². The number of hydrogen-bond donors (Lipinski definition) is 1. The Bertz CT molecular complexity index is 890. The van der Waals surface area contributed by atoms with Gasteiger partial charge < -0.3 is 10.1 Å². The van der Waals surface area contributed by atoms with Crippen LogP contribution in [0.2, 0.25) is 0 Å². The van der Waals surface area contributed by atoms with E-state index < -0.39 is 0 Å². The average molecular weight is 348 g/mol. The van der Waals surface area contributed by atoms with Gasteiger partial charge in [-0.2, -0.15) is 5.10 Å². The van der Waals surface area contributed by atoms with Crippen molar-refractivity contribution in [3.05, 3.63) is 77.9 Å². The number of nitrogens with zero attached hydrogens (tertiary/aromatic N) is 3. The number of rotatable bonds is 6. The summed E-state index contributed by atoms with van der Waals surface area (Å²) >= 11 is 0. The molecule has 132 valence electrons. The molecule has 0 unspecified atom stereocenters. The minimum absolute atomic E-state index is 0.0419. The summed E-state index contributed by atoms with van der Waals surface area (Å²) in [5.74, 6) is 1.16. The molecule has 4 rings (SSSR count). The van der Waals surface area contributed by atoms with Crippen LogP contribution in [0.25, 0.3) is 0 Å². The Hall–Kier alpha value is -3.15. The van der Waals surface area contributed by atoms with Crippen LogP contribution in [0.15, 0.2) is 61.2 Å². The Kier molecular flexibility index (Phi) is 4.39. The van der Waals surface area contributed by atoms with Gasteiger partial charge >= 0.3 is 0 Å². The molecule has 6 heteroatoms. The van der Waals surface area contributed by atoms with Crippen molar-refractivity contribution >= 4 is 5.91 Å². The molecule has 0 bridgehead atoms. The highest BCUT2D eigenvalue weighted by Gasteiger charge is 2.41. The van der Waals surface area contributed by atoms with Gasteiger partial charge in [0.15, 0.2) is 0 Å². The first-order chi connectivity index (χ1) is 12.7. The molecule has 1 saturated carbocycles. The second-order valence-corrected chi connectivity index (χ2v) is 6.45. The van der Waals surface area contributed by atoms with Crippen molar-refractivity contribution in [3.63, 3.8) is 0 Å². The lowest BCUT2D eigenvalue weighted by atomic mass is 10.1. The Morgan fingerprint density at radius 2 is 2.04 bits per heavy atom. The zero-order chi connectivity index (χ0) is 17.9. The largest absolute Gasteiger partial charge is 0.496 e. The van der Waals surface area contributed by atoms with Gasteiger partial charge in [-0.1, -0.05) is 30.3 Å². The molecule has 0 radical (unpaired) electrons.